The maximum absolute atomic E-state index is 11.7. The molecule has 0 aromatic heterocycles. The maximum Gasteiger partial charge on any atom is 0.328 e. The van der Waals surface area contributed by atoms with Gasteiger partial charge < -0.3 is 15.2 Å². The van der Waals surface area contributed by atoms with E-state index >= 15 is 0 Å². The van der Waals surface area contributed by atoms with Crippen molar-refractivity contribution in [3.05, 3.63) is 0 Å². The van der Waals surface area contributed by atoms with Gasteiger partial charge in [0.1, 0.15) is 6.04 Å². The van der Waals surface area contributed by atoms with E-state index in [4.69, 9.17) is 5.11 Å². The fourth-order valence-electron chi connectivity index (χ4n) is 1.54. The summed E-state index contributed by atoms with van der Waals surface area (Å²) in [7, 11) is 1.26. The smallest absolute Gasteiger partial charge is 0.328 e. The number of ether oxygens (including phenoxy) is 1. The van der Waals surface area contributed by atoms with Crippen molar-refractivity contribution in [2.45, 2.75) is 39.7 Å². The zero-order chi connectivity index (χ0) is 14.3. The molecule has 1 amide bonds. The van der Waals surface area contributed by atoms with E-state index in [1.54, 1.807) is 20.8 Å². The van der Waals surface area contributed by atoms with Gasteiger partial charge in [-0.05, 0) is 11.8 Å². The lowest BCUT2D eigenvalue weighted by molar-refractivity contribution is -0.146. The van der Waals surface area contributed by atoms with Crippen LogP contribution in [0, 0.1) is 11.8 Å². The molecule has 0 radical (unpaired) electrons. The quantitative estimate of drug-likeness (QED) is 0.660. The van der Waals surface area contributed by atoms with E-state index in [0.717, 1.165) is 0 Å². The molecule has 0 spiro atoms. The van der Waals surface area contributed by atoms with Gasteiger partial charge in [0.15, 0.2) is 0 Å². The molecule has 6 nitrogen and oxygen atoms in total. The molecular weight excluding hydrogens is 238 g/mol. The molecule has 6 heteroatoms. The van der Waals surface area contributed by atoms with Crippen molar-refractivity contribution in [2.24, 2.45) is 11.8 Å². The second-order valence-electron chi connectivity index (χ2n) is 4.72. The van der Waals surface area contributed by atoms with Crippen LogP contribution < -0.4 is 5.32 Å². The zero-order valence-electron chi connectivity index (χ0n) is 11.2. The van der Waals surface area contributed by atoms with E-state index in [1.807, 2.05) is 0 Å². The number of methoxy groups -OCH3 is 1. The molecule has 0 aliphatic heterocycles. The Morgan fingerprint density at radius 1 is 1.17 bits per heavy atom. The van der Waals surface area contributed by atoms with Crippen molar-refractivity contribution >= 4 is 17.8 Å². The molecule has 0 heterocycles. The van der Waals surface area contributed by atoms with Crippen LogP contribution >= 0.6 is 0 Å². The molecule has 0 aromatic carbocycles. The molecule has 0 bridgehead atoms. The first-order valence-electron chi connectivity index (χ1n) is 5.86. The van der Waals surface area contributed by atoms with E-state index in [0.29, 0.717) is 0 Å². The second kappa shape index (κ2) is 7.68. The highest BCUT2D eigenvalue weighted by Crippen LogP contribution is 2.09. The van der Waals surface area contributed by atoms with Gasteiger partial charge >= 0.3 is 11.9 Å². The topological polar surface area (TPSA) is 92.7 Å². The Kier molecular flexibility index (Phi) is 7.00. The number of amides is 1. The molecule has 0 aliphatic carbocycles. The molecule has 18 heavy (non-hydrogen) atoms. The predicted octanol–water partition coefficient (Wildman–Crippen LogP) is 0.801. The molecule has 104 valence electrons. The average molecular weight is 259 g/mol. The third kappa shape index (κ3) is 6.22. The van der Waals surface area contributed by atoms with Gasteiger partial charge in [0.05, 0.1) is 7.11 Å². The molecule has 2 N–H and O–H groups in total. The molecule has 0 aliphatic rings. The Labute approximate surface area is 107 Å². The van der Waals surface area contributed by atoms with Crippen LogP contribution in [-0.2, 0) is 19.1 Å². The number of nitrogens with one attached hydrogen (secondary N) is 1. The molecule has 2 atom stereocenters. The predicted molar refractivity (Wildman–Crippen MR) is 64.8 cm³/mol. The van der Waals surface area contributed by atoms with Crippen molar-refractivity contribution in [2.75, 3.05) is 7.11 Å². The molecular formula is C12H21NO5. The number of hydrogen-bond donors (Lipinski definition) is 2. The Bertz CT molecular complexity index is 314. The normalized spacial score (nSPS) is 13.8. The van der Waals surface area contributed by atoms with Crippen LogP contribution in [0.1, 0.15) is 33.6 Å². The number of carboxylic acids is 1. The molecule has 0 rings (SSSR count). The SMILES string of the molecule is COC(=O)C(NC(=O)CC(C)CC(=O)O)C(C)C. The van der Waals surface area contributed by atoms with Crippen LogP contribution in [0.4, 0.5) is 0 Å². The second-order valence-corrected chi connectivity index (χ2v) is 4.72. The standard InChI is InChI=1S/C12H21NO5/c1-7(2)11(12(17)18-4)13-9(14)5-8(3)6-10(15)16/h7-8,11H,5-6H2,1-4H3,(H,13,14)(H,15,16). The van der Waals surface area contributed by atoms with Gasteiger partial charge in [0.25, 0.3) is 0 Å². The van der Waals surface area contributed by atoms with Crippen LogP contribution in [0.5, 0.6) is 0 Å². The largest absolute Gasteiger partial charge is 0.481 e. The van der Waals surface area contributed by atoms with E-state index in [9.17, 15) is 14.4 Å². The van der Waals surface area contributed by atoms with E-state index in [-0.39, 0.29) is 30.6 Å². The summed E-state index contributed by atoms with van der Waals surface area (Å²) >= 11 is 0. The van der Waals surface area contributed by atoms with Gasteiger partial charge in [-0.2, -0.15) is 0 Å². The van der Waals surface area contributed by atoms with Crippen LogP contribution in [0.3, 0.4) is 0 Å². The summed E-state index contributed by atoms with van der Waals surface area (Å²) in [5.41, 5.74) is 0. The number of carbonyl (C=O) groups is 3. The number of hydrogen-bond acceptors (Lipinski definition) is 4. The molecule has 0 saturated heterocycles. The monoisotopic (exact) mass is 259 g/mol. The Morgan fingerprint density at radius 2 is 1.72 bits per heavy atom. The maximum atomic E-state index is 11.7. The van der Waals surface area contributed by atoms with Gasteiger partial charge in [-0.1, -0.05) is 20.8 Å². The van der Waals surface area contributed by atoms with Crippen molar-refractivity contribution in [1.29, 1.82) is 0 Å². The van der Waals surface area contributed by atoms with Crippen molar-refractivity contribution < 1.29 is 24.2 Å². The van der Waals surface area contributed by atoms with Crippen LogP contribution in [0.25, 0.3) is 0 Å². The molecule has 0 fully saturated rings. The number of esters is 1. The highest BCUT2D eigenvalue weighted by atomic mass is 16.5. The van der Waals surface area contributed by atoms with Gasteiger partial charge in [0.2, 0.25) is 5.91 Å². The Hall–Kier alpha value is -1.59. The molecule has 0 saturated carbocycles. The van der Waals surface area contributed by atoms with E-state index in [1.165, 1.54) is 7.11 Å². The summed E-state index contributed by atoms with van der Waals surface area (Å²) in [6.07, 6.45) is 0.00447. The van der Waals surface area contributed by atoms with Gasteiger partial charge in [-0.3, -0.25) is 9.59 Å². The van der Waals surface area contributed by atoms with Gasteiger partial charge in [-0.25, -0.2) is 4.79 Å². The van der Waals surface area contributed by atoms with E-state index in [2.05, 4.69) is 10.1 Å². The summed E-state index contributed by atoms with van der Waals surface area (Å²) in [5.74, 6) is -2.13. The van der Waals surface area contributed by atoms with Crippen molar-refractivity contribution in [3.63, 3.8) is 0 Å². The van der Waals surface area contributed by atoms with Crippen LogP contribution in [0.15, 0.2) is 0 Å². The summed E-state index contributed by atoms with van der Waals surface area (Å²) in [6.45, 7) is 5.27. The molecule has 0 aromatic rings. The minimum Gasteiger partial charge on any atom is -0.481 e. The zero-order valence-corrected chi connectivity index (χ0v) is 11.2. The Morgan fingerprint density at radius 3 is 2.11 bits per heavy atom. The lowest BCUT2D eigenvalue weighted by atomic mass is 10.0. The number of carbonyl (C=O) groups excluding carboxylic acids is 2. The van der Waals surface area contributed by atoms with E-state index < -0.39 is 18.0 Å². The third-order valence-electron chi connectivity index (χ3n) is 2.50. The average Bonchev–Trinajstić information content (AvgIpc) is 2.23. The highest BCUT2D eigenvalue weighted by Gasteiger charge is 2.25. The fraction of sp³-hybridized carbons (Fsp3) is 0.750. The first-order valence-corrected chi connectivity index (χ1v) is 5.86. The summed E-state index contributed by atoms with van der Waals surface area (Å²) in [6, 6.07) is -0.695. The summed E-state index contributed by atoms with van der Waals surface area (Å²) in [5, 5.41) is 11.2. The van der Waals surface area contributed by atoms with Crippen LogP contribution in [0.2, 0.25) is 0 Å². The van der Waals surface area contributed by atoms with Gasteiger partial charge in [-0.15, -0.1) is 0 Å². The highest BCUT2D eigenvalue weighted by molar-refractivity contribution is 5.84. The summed E-state index contributed by atoms with van der Waals surface area (Å²) in [4.78, 5) is 33.6. The fourth-order valence-corrected chi connectivity index (χ4v) is 1.54. The van der Waals surface area contributed by atoms with Crippen molar-refractivity contribution in [3.8, 4) is 0 Å². The summed E-state index contributed by atoms with van der Waals surface area (Å²) < 4.78 is 4.60. The Balaban J connectivity index is 4.34. The number of aliphatic carboxylic acids is 1. The lowest BCUT2D eigenvalue weighted by Gasteiger charge is -2.20. The van der Waals surface area contributed by atoms with Gasteiger partial charge in [0, 0.05) is 12.8 Å². The number of carboxylic acid groups (broad SMARTS) is 1. The first kappa shape index (κ1) is 16.4. The van der Waals surface area contributed by atoms with Crippen LogP contribution in [-0.4, -0.2) is 36.1 Å². The first-order chi connectivity index (χ1) is 8.27. The minimum atomic E-state index is -0.941. The number of rotatable bonds is 7. The third-order valence-corrected chi connectivity index (χ3v) is 2.50. The minimum absolute atomic E-state index is 0.0714. The van der Waals surface area contributed by atoms with Crippen molar-refractivity contribution in [1.82, 2.24) is 5.32 Å². The lowest BCUT2D eigenvalue weighted by Crippen LogP contribution is -2.45. The molecule has 2 unspecified atom stereocenters.